The van der Waals surface area contributed by atoms with Crippen molar-refractivity contribution in [1.29, 1.82) is 0 Å². The lowest BCUT2D eigenvalue weighted by Gasteiger charge is -2.17. The van der Waals surface area contributed by atoms with E-state index >= 15 is 0 Å². The van der Waals surface area contributed by atoms with Gasteiger partial charge in [-0.15, -0.1) is 0 Å². The fourth-order valence-corrected chi connectivity index (χ4v) is 4.39. The average molecular weight is 303 g/mol. The van der Waals surface area contributed by atoms with Crippen LogP contribution in [0, 0.1) is 5.82 Å². The molecule has 1 atom stereocenters. The van der Waals surface area contributed by atoms with Crippen LogP contribution in [0.25, 0.3) is 0 Å². The Balaban J connectivity index is 1.92. The molecule has 1 unspecified atom stereocenters. The highest BCUT2D eigenvalue weighted by atomic mass is 32.2. The van der Waals surface area contributed by atoms with Crippen molar-refractivity contribution in [2.45, 2.75) is 5.25 Å². The minimum absolute atomic E-state index is 0.168. The number of hydrogen-bond donors (Lipinski definition) is 0. The summed E-state index contributed by atoms with van der Waals surface area (Å²) in [6.45, 7) is 0.901. The predicted molar refractivity (Wildman–Crippen MR) is 87.0 cm³/mol. The largest absolute Gasteiger partial charge is 0.271 e. The Bertz CT molecular complexity index is 596. The van der Waals surface area contributed by atoms with E-state index in [0.29, 0.717) is 0 Å². The molecule has 1 nitrogen and oxygen atoms in total. The van der Waals surface area contributed by atoms with Crippen molar-refractivity contribution < 1.29 is 4.39 Å². The van der Waals surface area contributed by atoms with Gasteiger partial charge in [0.2, 0.25) is 0 Å². The van der Waals surface area contributed by atoms with E-state index in [-0.39, 0.29) is 11.1 Å². The van der Waals surface area contributed by atoms with Crippen molar-refractivity contribution in [3.8, 4) is 0 Å². The molecule has 3 rings (SSSR count). The maximum Gasteiger partial charge on any atom is 0.125 e. The number of aliphatic imine (C=N–C) groups is 1. The molecule has 0 saturated carbocycles. The van der Waals surface area contributed by atoms with Gasteiger partial charge >= 0.3 is 0 Å². The Morgan fingerprint density at radius 3 is 2.35 bits per heavy atom. The van der Waals surface area contributed by atoms with E-state index in [9.17, 15) is 4.39 Å². The second kappa shape index (κ2) is 6.46. The topological polar surface area (TPSA) is 12.4 Å². The van der Waals surface area contributed by atoms with Crippen LogP contribution in [0.3, 0.4) is 0 Å². The van der Waals surface area contributed by atoms with Crippen molar-refractivity contribution in [2.24, 2.45) is 4.99 Å². The van der Waals surface area contributed by atoms with Gasteiger partial charge in [0.1, 0.15) is 10.2 Å². The molecule has 0 aromatic heterocycles. The van der Waals surface area contributed by atoms with E-state index in [0.717, 1.165) is 22.2 Å². The summed E-state index contributed by atoms with van der Waals surface area (Å²) in [5, 5.41) is 0.168. The third-order valence-electron chi connectivity index (χ3n) is 3.05. The van der Waals surface area contributed by atoms with Crippen LogP contribution >= 0.6 is 23.5 Å². The second-order valence-electron chi connectivity index (χ2n) is 4.46. The van der Waals surface area contributed by atoms with E-state index in [1.165, 1.54) is 17.7 Å². The summed E-state index contributed by atoms with van der Waals surface area (Å²) in [7, 11) is 0. The van der Waals surface area contributed by atoms with E-state index in [1.54, 1.807) is 23.5 Å². The normalized spacial score (nSPS) is 15.9. The highest BCUT2D eigenvalue weighted by Crippen LogP contribution is 2.40. The molecule has 0 fully saturated rings. The monoisotopic (exact) mass is 303 g/mol. The minimum atomic E-state index is -0.196. The molecular formula is C16H14FNS2. The number of halogens is 1. The highest BCUT2D eigenvalue weighted by Gasteiger charge is 2.19. The highest BCUT2D eigenvalue weighted by molar-refractivity contribution is 8.39. The van der Waals surface area contributed by atoms with Crippen LogP contribution < -0.4 is 0 Å². The number of nitrogens with zero attached hydrogens (tertiary/aromatic N) is 1. The third-order valence-corrected chi connectivity index (χ3v) is 5.57. The lowest BCUT2D eigenvalue weighted by Crippen LogP contribution is -1.99. The van der Waals surface area contributed by atoms with Gasteiger partial charge in [0.05, 0.1) is 11.8 Å². The number of benzene rings is 2. The van der Waals surface area contributed by atoms with E-state index in [1.807, 2.05) is 30.3 Å². The van der Waals surface area contributed by atoms with Gasteiger partial charge in [-0.05, 0) is 23.3 Å². The SMILES string of the molecule is Fc1ccc(C(SC2=NCCS2)c2ccccc2)cc1. The first kappa shape index (κ1) is 13.7. The first-order chi connectivity index (χ1) is 9.83. The van der Waals surface area contributed by atoms with Gasteiger partial charge in [-0.2, -0.15) is 0 Å². The molecule has 0 aliphatic carbocycles. The van der Waals surface area contributed by atoms with Gasteiger partial charge in [0, 0.05) is 5.75 Å². The summed E-state index contributed by atoms with van der Waals surface area (Å²) in [4.78, 5) is 4.51. The van der Waals surface area contributed by atoms with Gasteiger partial charge in [-0.25, -0.2) is 4.39 Å². The number of thioether (sulfide) groups is 2. The molecule has 1 heterocycles. The molecular weight excluding hydrogens is 289 g/mol. The van der Waals surface area contributed by atoms with Crippen molar-refractivity contribution in [3.05, 3.63) is 71.5 Å². The molecule has 4 heteroatoms. The molecule has 0 radical (unpaired) electrons. The van der Waals surface area contributed by atoms with Gasteiger partial charge in [0.25, 0.3) is 0 Å². The molecule has 0 N–H and O–H groups in total. The van der Waals surface area contributed by atoms with Crippen LogP contribution in [0.1, 0.15) is 16.4 Å². The van der Waals surface area contributed by atoms with Crippen molar-refractivity contribution in [3.63, 3.8) is 0 Å². The first-order valence-electron chi connectivity index (χ1n) is 6.47. The summed E-state index contributed by atoms with van der Waals surface area (Å²) in [5.74, 6) is 0.867. The fraction of sp³-hybridized carbons (Fsp3) is 0.188. The number of hydrogen-bond acceptors (Lipinski definition) is 3. The zero-order valence-electron chi connectivity index (χ0n) is 10.8. The smallest absolute Gasteiger partial charge is 0.125 e. The Kier molecular flexibility index (Phi) is 4.43. The third kappa shape index (κ3) is 3.25. The van der Waals surface area contributed by atoms with Crippen molar-refractivity contribution in [2.75, 3.05) is 12.3 Å². The summed E-state index contributed by atoms with van der Waals surface area (Å²) in [5.41, 5.74) is 2.33. The van der Waals surface area contributed by atoms with Crippen LogP contribution in [0.5, 0.6) is 0 Å². The van der Waals surface area contributed by atoms with Gasteiger partial charge in [0.15, 0.2) is 0 Å². The standard InChI is InChI=1S/C16H14FNS2/c17-14-8-6-13(7-9-14)15(12-4-2-1-3-5-12)20-16-18-10-11-19-16/h1-9,15H,10-11H2. The molecule has 1 aliphatic heterocycles. The van der Waals surface area contributed by atoms with Crippen LogP contribution in [-0.4, -0.2) is 16.7 Å². The Hall–Kier alpha value is -1.26. The van der Waals surface area contributed by atoms with E-state index in [2.05, 4.69) is 17.1 Å². The van der Waals surface area contributed by atoms with Crippen molar-refractivity contribution >= 4 is 27.9 Å². The van der Waals surface area contributed by atoms with Crippen LogP contribution in [0.15, 0.2) is 59.6 Å². The molecule has 0 bridgehead atoms. The maximum atomic E-state index is 13.1. The Morgan fingerprint density at radius 1 is 1.00 bits per heavy atom. The molecule has 1 aliphatic rings. The lowest BCUT2D eigenvalue weighted by atomic mass is 10.0. The van der Waals surface area contributed by atoms with Gasteiger partial charge in [-0.3, -0.25) is 4.99 Å². The van der Waals surface area contributed by atoms with E-state index in [4.69, 9.17) is 0 Å². The number of rotatable bonds is 3. The molecule has 0 spiro atoms. The first-order valence-corrected chi connectivity index (χ1v) is 8.34. The van der Waals surface area contributed by atoms with Gasteiger partial charge in [-0.1, -0.05) is 66.0 Å². The lowest BCUT2D eigenvalue weighted by molar-refractivity contribution is 0.627. The average Bonchev–Trinajstić information content (AvgIpc) is 3.00. The predicted octanol–water partition coefficient (Wildman–Crippen LogP) is 4.75. The zero-order chi connectivity index (χ0) is 13.8. The summed E-state index contributed by atoms with van der Waals surface area (Å²) in [6, 6.07) is 17.1. The van der Waals surface area contributed by atoms with E-state index < -0.39 is 0 Å². The molecule has 2 aromatic rings. The molecule has 0 amide bonds. The second-order valence-corrected chi connectivity index (χ2v) is 6.89. The zero-order valence-corrected chi connectivity index (χ0v) is 12.5. The molecule has 20 heavy (non-hydrogen) atoms. The quantitative estimate of drug-likeness (QED) is 0.811. The van der Waals surface area contributed by atoms with Crippen LogP contribution in [0.2, 0.25) is 0 Å². The van der Waals surface area contributed by atoms with Crippen LogP contribution in [-0.2, 0) is 0 Å². The molecule has 102 valence electrons. The van der Waals surface area contributed by atoms with Crippen LogP contribution in [0.4, 0.5) is 4.39 Å². The Morgan fingerprint density at radius 2 is 1.70 bits per heavy atom. The maximum absolute atomic E-state index is 13.1. The summed E-state index contributed by atoms with van der Waals surface area (Å²) < 4.78 is 14.3. The molecule has 2 aromatic carbocycles. The summed E-state index contributed by atoms with van der Waals surface area (Å²) in [6.07, 6.45) is 0. The van der Waals surface area contributed by atoms with Crippen molar-refractivity contribution in [1.82, 2.24) is 0 Å². The summed E-state index contributed by atoms with van der Waals surface area (Å²) >= 11 is 3.56. The Labute approximate surface area is 126 Å². The van der Waals surface area contributed by atoms with Gasteiger partial charge < -0.3 is 0 Å². The molecule has 0 saturated heterocycles. The fourth-order valence-electron chi connectivity index (χ4n) is 2.08. The minimum Gasteiger partial charge on any atom is -0.271 e.